The number of nitrogens with one attached hydrogen (secondary N) is 1. The van der Waals surface area contributed by atoms with E-state index >= 15 is 0 Å². The van der Waals surface area contributed by atoms with Gasteiger partial charge in [-0.05, 0) is 36.4 Å². The highest BCUT2D eigenvalue weighted by molar-refractivity contribution is 5.85. The highest BCUT2D eigenvalue weighted by atomic mass is 16.1. The van der Waals surface area contributed by atoms with Crippen LogP contribution in [0.5, 0.6) is 0 Å². The molecule has 0 saturated heterocycles. The molecule has 1 aromatic heterocycles. The minimum absolute atomic E-state index is 0.608. The molecule has 0 bridgehead atoms. The number of aldehydes is 1. The maximum absolute atomic E-state index is 10.6. The molecule has 110 valence electrons. The van der Waals surface area contributed by atoms with Crippen molar-refractivity contribution in [2.24, 2.45) is 10.2 Å². The van der Waals surface area contributed by atoms with Crippen molar-refractivity contribution in [3.63, 3.8) is 0 Å². The van der Waals surface area contributed by atoms with Gasteiger partial charge in [0, 0.05) is 19.7 Å². The molecule has 0 aliphatic heterocycles. The Kier molecular flexibility index (Phi) is 3.61. The van der Waals surface area contributed by atoms with E-state index in [0.717, 1.165) is 23.0 Å². The Morgan fingerprint density at radius 1 is 1.05 bits per heavy atom. The third-order valence-electron chi connectivity index (χ3n) is 3.20. The number of hydrogen-bond donors (Lipinski definition) is 1. The summed E-state index contributed by atoms with van der Waals surface area (Å²) in [6.45, 7) is 0. The van der Waals surface area contributed by atoms with Crippen LogP contribution in [0.3, 0.4) is 0 Å². The van der Waals surface area contributed by atoms with Gasteiger partial charge in [-0.2, -0.15) is 20.5 Å². The monoisotopic (exact) mass is 294 g/mol. The zero-order valence-electron chi connectivity index (χ0n) is 12.2. The lowest BCUT2D eigenvalue weighted by atomic mass is 10.2. The molecule has 22 heavy (non-hydrogen) atoms. The number of fused-ring (bicyclic) bond motifs is 1. The Bertz CT molecular complexity index is 835. The van der Waals surface area contributed by atoms with Crippen LogP contribution in [0, 0.1) is 0 Å². The lowest BCUT2D eigenvalue weighted by Crippen LogP contribution is -2.08. The Hall–Kier alpha value is -3.09. The van der Waals surface area contributed by atoms with E-state index in [9.17, 15) is 4.79 Å². The largest absolute Gasteiger partial charge is 0.376 e. The van der Waals surface area contributed by atoms with Crippen molar-refractivity contribution in [3.05, 3.63) is 42.0 Å². The first kappa shape index (κ1) is 13.9. The summed E-state index contributed by atoms with van der Waals surface area (Å²) in [6.07, 6.45) is 0.795. The third kappa shape index (κ3) is 2.69. The first-order valence-electron chi connectivity index (χ1n) is 6.66. The molecule has 3 rings (SSSR count). The van der Waals surface area contributed by atoms with Crippen LogP contribution in [0.2, 0.25) is 0 Å². The summed E-state index contributed by atoms with van der Waals surface area (Å²) in [5, 5.41) is 19.2. The number of azo groups is 1. The summed E-state index contributed by atoms with van der Waals surface area (Å²) in [5.74, 6) is 0. The highest BCUT2D eigenvalue weighted by Gasteiger charge is 2.09. The number of carbonyl (C=O) groups is 1. The van der Waals surface area contributed by atoms with Crippen LogP contribution >= 0.6 is 0 Å². The van der Waals surface area contributed by atoms with Crippen molar-refractivity contribution >= 4 is 34.4 Å². The van der Waals surface area contributed by atoms with Crippen LogP contribution < -0.4 is 4.90 Å². The zero-order chi connectivity index (χ0) is 15.5. The summed E-state index contributed by atoms with van der Waals surface area (Å²) in [4.78, 5) is 12.6. The standard InChI is InChI=1S/C15H14N6O/c1-21(2)15-8-13-12(18-20-19-13)7-14(15)17-16-11-5-3-10(9-22)4-6-11/h3-9H,1-2H3,(H,18,19,20). The van der Waals surface area contributed by atoms with Crippen molar-refractivity contribution in [1.82, 2.24) is 15.4 Å². The molecule has 0 spiro atoms. The summed E-state index contributed by atoms with van der Waals surface area (Å²) < 4.78 is 0. The van der Waals surface area contributed by atoms with Crippen LogP contribution in [0.15, 0.2) is 46.6 Å². The molecule has 1 N–H and O–H groups in total. The SMILES string of the molecule is CN(C)c1cc2n[nH]nc2cc1N=Nc1ccc(C=O)cc1. The van der Waals surface area contributed by atoms with E-state index in [0.29, 0.717) is 16.9 Å². The number of H-pyrrole nitrogens is 1. The minimum Gasteiger partial charge on any atom is -0.376 e. The molecule has 3 aromatic rings. The number of aromatic amines is 1. The smallest absolute Gasteiger partial charge is 0.150 e. The second kappa shape index (κ2) is 5.72. The van der Waals surface area contributed by atoms with Crippen molar-refractivity contribution < 1.29 is 4.79 Å². The lowest BCUT2D eigenvalue weighted by molar-refractivity contribution is 0.112. The second-order valence-corrected chi connectivity index (χ2v) is 4.96. The number of rotatable bonds is 4. The van der Waals surface area contributed by atoms with Gasteiger partial charge >= 0.3 is 0 Å². The molecular formula is C15H14N6O. The number of anilines is 1. The van der Waals surface area contributed by atoms with Gasteiger partial charge in [0.15, 0.2) is 0 Å². The van der Waals surface area contributed by atoms with Gasteiger partial charge in [0.25, 0.3) is 0 Å². The molecule has 0 aliphatic carbocycles. The van der Waals surface area contributed by atoms with Crippen LogP contribution in [-0.4, -0.2) is 35.8 Å². The van der Waals surface area contributed by atoms with Crippen LogP contribution in [0.25, 0.3) is 11.0 Å². The van der Waals surface area contributed by atoms with Crippen LogP contribution in [0.4, 0.5) is 17.1 Å². The number of aromatic nitrogens is 3. The van der Waals surface area contributed by atoms with Gasteiger partial charge in [0.2, 0.25) is 0 Å². The second-order valence-electron chi connectivity index (χ2n) is 4.96. The summed E-state index contributed by atoms with van der Waals surface area (Å²) in [7, 11) is 3.86. The maximum Gasteiger partial charge on any atom is 0.150 e. The van der Waals surface area contributed by atoms with Crippen LogP contribution in [-0.2, 0) is 0 Å². The van der Waals surface area contributed by atoms with E-state index in [1.807, 2.05) is 31.1 Å². The first-order valence-corrected chi connectivity index (χ1v) is 6.66. The average Bonchev–Trinajstić information content (AvgIpc) is 2.99. The maximum atomic E-state index is 10.6. The van der Waals surface area contributed by atoms with E-state index < -0.39 is 0 Å². The summed E-state index contributed by atoms with van der Waals surface area (Å²) in [6, 6.07) is 10.6. The average molecular weight is 294 g/mol. The molecule has 7 heteroatoms. The molecule has 0 fully saturated rings. The predicted molar refractivity (Wildman–Crippen MR) is 84.2 cm³/mol. The van der Waals surface area contributed by atoms with Crippen molar-refractivity contribution in [1.29, 1.82) is 0 Å². The fraction of sp³-hybridized carbons (Fsp3) is 0.133. The highest BCUT2D eigenvalue weighted by Crippen LogP contribution is 2.32. The number of hydrogen-bond acceptors (Lipinski definition) is 6. The molecule has 0 aliphatic rings. The topological polar surface area (TPSA) is 86.6 Å². The predicted octanol–water partition coefficient (Wildman–Crippen LogP) is 3.25. The molecule has 7 nitrogen and oxygen atoms in total. The van der Waals surface area contributed by atoms with E-state index in [-0.39, 0.29) is 0 Å². The molecule has 0 amide bonds. The molecular weight excluding hydrogens is 280 g/mol. The first-order chi connectivity index (χ1) is 10.7. The molecule has 0 saturated carbocycles. The molecule has 0 unspecified atom stereocenters. The van der Waals surface area contributed by atoms with Gasteiger partial charge in [0.05, 0.1) is 11.4 Å². The van der Waals surface area contributed by atoms with Gasteiger partial charge in [-0.15, -0.1) is 5.11 Å². The Labute approximate surface area is 126 Å². The minimum atomic E-state index is 0.608. The van der Waals surface area contributed by atoms with E-state index in [2.05, 4.69) is 25.6 Å². The van der Waals surface area contributed by atoms with Crippen molar-refractivity contribution in [3.8, 4) is 0 Å². The fourth-order valence-corrected chi connectivity index (χ4v) is 2.04. The fourth-order valence-electron chi connectivity index (χ4n) is 2.04. The molecule has 2 aromatic carbocycles. The zero-order valence-corrected chi connectivity index (χ0v) is 12.2. The van der Waals surface area contributed by atoms with E-state index in [4.69, 9.17) is 0 Å². The van der Waals surface area contributed by atoms with E-state index in [1.165, 1.54) is 0 Å². The van der Waals surface area contributed by atoms with Crippen molar-refractivity contribution in [2.75, 3.05) is 19.0 Å². The molecule has 0 atom stereocenters. The van der Waals surface area contributed by atoms with Crippen molar-refractivity contribution in [2.45, 2.75) is 0 Å². The van der Waals surface area contributed by atoms with Gasteiger partial charge in [-0.25, -0.2) is 0 Å². The van der Waals surface area contributed by atoms with Gasteiger partial charge < -0.3 is 4.90 Å². The molecule has 0 radical (unpaired) electrons. The summed E-state index contributed by atoms with van der Waals surface area (Å²) >= 11 is 0. The lowest BCUT2D eigenvalue weighted by Gasteiger charge is -2.14. The number of benzene rings is 2. The number of carbonyl (C=O) groups excluding carboxylic acids is 1. The Morgan fingerprint density at radius 3 is 2.36 bits per heavy atom. The summed E-state index contributed by atoms with van der Waals surface area (Å²) in [5.41, 5.74) is 4.39. The van der Waals surface area contributed by atoms with Crippen LogP contribution in [0.1, 0.15) is 10.4 Å². The third-order valence-corrected chi connectivity index (χ3v) is 3.20. The normalized spacial score (nSPS) is 11.2. The van der Waals surface area contributed by atoms with E-state index in [1.54, 1.807) is 24.3 Å². The Morgan fingerprint density at radius 2 is 1.73 bits per heavy atom. The van der Waals surface area contributed by atoms with Gasteiger partial charge in [0.1, 0.15) is 23.0 Å². The number of nitrogens with zero attached hydrogens (tertiary/aromatic N) is 5. The molecule has 1 heterocycles. The van der Waals surface area contributed by atoms with Gasteiger partial charge in [-0.1, -0.05) is 0 Å². The Balaban J connectivity index is 1.98. The van der Waals surface area contributed by atoms with Gasteiger partial charge in [-0.3, -0.25) is 4.79 Å². The quantitative estimate of drug-likeness (QED) is 0.591.